The molecule has 1 aliphatic rings. The first-order valence-electron chi connectivity index (χ1n) is 11.6. The number of alkyl carbamates (subject to hydrolysis) is 1. The molecule has 36 heavy (non-hydrogen) atoms. The van der Waals surface area contributed by atoms with Crippen molar-refractivity contribution in [1.82, 2.24) is 5.32 Å². The first-order valence-corrected chi connectivity index (χ1v) is 11.6. The Hall–Kier alpha value is -4.20. The smallest absolute Gasteiger partial charge is 0.407 e. The van der Waals surface area contributed by atoms with Gasteiger partial charge in [-0.1, -0.05) is 66.7 Å². The van der Waals surface area contributed by atoms with Gasteiger partial charge in [-0.15, -0.1) is 0 Å². The molecule has 2 atom stereocenters. The Morgan fingerprint density at radius 2 is 1.44 bits per heavy atom. The van der Waals surface area contributed by atoms with Crippen LogP contribution in [0.25, 0.3) is 21.9 Å². The third-order valence-corrected chi connectivity index (χ3v) is 6.62. The van der Waals surface area contributed by atoms with Crippen molar-refractivity contribution in [3.05, 3.63) is 107 Å². The van der Waals surface area contributed by atoms with Crippen molar-refractivity contribution in [3.8, 4) is 11.1 Å². The standard InChI is InChI=1S/C29H25NO6/c31-26(27(32)19-11-9-18-14-20(28(33)34)12-10-17(18)13-19)15-30-29(35)36-16-25-23-7-3-1-5-21(23)22-6-2-4-8-24(22)25/h1-14,25-27,31-32H,15-16H2,(H,30,35)(H,33,34). The van der Waals surface area contributed by atoms with E-state index in [1.165, 1.54) is 6.07 Å². The lowest BCUT2D eigenvalue weighted by Crippen LogP contribution is -2.36. The Kier molecular flexibility index (Phi) is 6.41. The summed E-state index contributed by atoms with van der Waals surface area (Å²) in [6.45, 7) is -0.0463. The van der Waals surface area contributed by atoms with Crippen molar-refractivity contribution in [2.24, 2.45) is 0 Å². The van der Waals surface area contributed by atoms with Crippen LogP contribution in [0.15, 0.2) is 84.9 Å². The van der Waals surface area contributed by atoms with Crippen molar-refractivity contribution in [2.45, 2.75) is 18.1 Å². The van der Waals surface area contributed by atoms with Crippen LogP contribution in [-0.4, -0.2) is 46.6 Å². The van der Waals surface area contributed by atoms with Gasteiger partial charge in [0.05, 0.1) is 5.56 Å². The van der Waals surface area contributed by atoms with E-state index < -0.39 is 24.3 Å². The SMILES string of the molecule is O=C(NCC(O)C(O)c1ccc2cc(C(=O)O)ccc2c1)OCC1c2ccccc2-c2ccccc21. The molecule has 4 N–H and O–H groups in total. The van der Waals surface area contributed by atoms with Gasteiger partial charge in [0.15, 0.2) is 0 Å². The van der Waals surface area contributed by atoms with Crippen LogP contribution in [0.5, 0.6) is 0 Å². The second-order valence-electron chi connectivity index (χ2n) is 8.85. The molecule has 0 saturated carbocycles. The molecule has 1 amide bonds. The molecular weight excluding hydrogens is 458 g/mol. The number of nitrogens with one attached hydrogen (secondary N) is 1. The highest BCUT2D eigenvalue weighted by molar-refractivity contribution is 5.94. The molecule has 182 valence electrons. The molecular formula is C29H25NO6. The van der Waals surface area contributed by atoms with Gasteiger partial charge in [0.2, 0.25) is 0 Å². The molecule has 7 nitrogen and oxygen atoms in total. The normalized spacial score (nSPS) is 14.1. The van der Waals surface area contributed by atoms with Crippen LogP contribution in [0.2, 0.25) is 0 Å². The summed E-state index contributed by atoms with van der Waals surface area (Å²) in [5, 5.41) is 34.1. The van der Waals surface area contributed by atoms with Gasteiger partial charge >= 0.3 is 12.1 Å². The summed E-state index contributed by atoms with van der Waals surface area (Å²) in [6, 6.07) is 25.8. The van der Waals surface area contributed by atoms with Crippen LogP contribution in [0.1, 0.15) is 39.1 Å². The summed E-state index contributed by atoms with van der Waals surface area (Å²) in [5.74, 6) is -1.09. The molecule has 4 aromatic rings. The van der Waals surface area contributed by atoms with Crippen LogP contribution in [0.3, 0.4) is 0 Å². The zero-order chi connectivity index (χ0) is 25.2. The molecule has 0 radical (unpaired) electrons. The molecule has 1 aliphatic carbocycles. The number of rotatable bonds is 7. The van der Waals surface area contributed by atoms with Crippen LogP contribution in [0.4, 0.5) is 4.79 Å². The van der Waals surface area contributed by atoms with E-state index >= 15 is 0 Å². The van der Waals surface area contributed by atoms with E-state index in [1.54, 1.807) is 30.3 Å². The number of ether oxygens (including phenoxy) is 1. The molecule has 0 saturated heterocycles. The van der Waals surface area contributed by atoms with Crippen molar-refractivity contribution in [2.75, 3.05) is 13.2 Å². The third kappa shape index (κ3) is 4.54. The van der Waals surface area contributed by atoms with Crippen LogP contribution in [0, 0.1) is 0 Å². The summed E-state index contributed by atoms with van der Waals surface area (Å²) >= 11 is 0. The van der Waals surface area contributed by atoms with Crippen LogP contribution in [-0.2, 0) is 4.74 Å². The maximum Gasteiger partial charge on any atom is 0.407 e. The first-order chi connectivity index (χ1) is 17.4. The van der Waals surface area contributed by atoms with Crippen LogP contribution < -0.4 is 5.32 Å². The van der Waals surface area contributed by atoms with Gasteiger partial charge in [0.25, 0.3) is 0 Å². The molecule has 2 unspecified atom stereocenters. The summed E-state index contributed by atoms with van der Waals surface area (Å²) in [7, 11) is 0. The average molecular weight is 484 g/mol. The molecule has 0 spiro atoms. The lowest BCUT2D eigenvalue weighted by Gasteiger charge is -2.20. The van der Waals surface area contributed by atoms with Gasteiger partial charge in [-0.05, 0) is 56.8 Å². The number of carboxylic acid groups (broad SMARTS) is 1. The molecule has 0 heterocycles. The van der Waals surface area contributed by atoms with E-state index in [-0.39, 0.29) is 24.6 Å². The second-order valence-corrected chi connectivity index (χ2v) is 8.85. The minimum atomic E-state index is -1.26. The minimum Gasteiger partial charge on any atom is -0.478 e. The van der Waals surface area contributed by atoms with Gasteiger partial charge in [-0.2, -0.15) is 0 Å². The maximum absolute atomic E-state index is 12.4. The fourth-order valence-corrected chi connectivity index (χ4v) is 4.75. The van der Waals surface area contributed by atoms with Gasteiger partial charge in [-0.25, -0.2) is 9.59 Å². The molecule has 5 rings (SSSR count). The van der Waals surface area contributed by atoms with E-state index in [9.17, 15) is 19.8 Å². The number of aliphatic hydroxyl groups is 2. The van der Waals surface area contributed by atoms with E-state index in [1.807, 2.05) is 36.4 Å². The predicted octanol–water partition coefficient (Wildman–Crippen LogP) is 4.47. The van der Waals surface area contributed by atoms with Crippen molar-refractivity contribution in [1.29, 1.82) is 0 Å². The van der Waals surface area contributed by atoms with Crippen molar-refractivity contribution < 1.29 is 29.6 Å². The highest BCUT2D eigenvalue weighted by atomic mass is 16.5. The Balaban J connectivity index is 1.18. The highest BCUT2D eigenvalue weighted by Crippen LogP contribution is 2.44. The van der Waals surface area contributed by atoms with Gasteiger partial charge < -0.3 is 25.4 Å². The van der Waals surface area contributed by atoms with Crippen molar-refractivity contribution >= 4 is 22.8 Å². The topological polar surface area (TPSA) is 116 Å². The zero-order valence-electron chi connectivity index (χ0n) is 19.3. The Labute approximate surface area is 207 Å². The first kappa shape index (κ1) is 23.5. The molecule has 0 fully saturated rings. The highest BCUT2D eigenvalue weighted by Gasteiger charge is 2.29. The fourth-order valence-electron chi connectivity index (χ4n) is 4.75. The van der Waals surface area contributed by atoms with Crippen LogP contribution >= 0.6 is 0 Å². The Morgan fingerprint density at radius 3 is 2.11 bits per heavy atom. The van der Waals surface area contributed by atoms with Gasteiger partial charge in [0.1, 0.15) is 18.8 Å². The number of fused-ring (bicyclic) bond motifs is 4. The molecule has 0 bridgehead atoms. The van der Waals surface area contributed by atoms with Gasteiger partial charge in [0, 0.05) is 12.5 Å². The number of carbonyl (C=O) groups excluding carboxylic acids is 1. The third-order valence-electron chi connectivity index (χ3n) is 6.62. The van der Waals surface area contributed by atoms with E-state index in [4.69, 9.17) is 9.84 Å². The Morgan fingerprint density at radius 1 is 0.833 bits per heavy atom. The Bertz CT molecular complexity index is 1400. The zero-order valence-corrected chi connectivity index (χ0v) is 19.3. The number of carboxylic acids is 1. The molecule has 0 aromatic heterocycles. The van der Waals surface area contributed by atoms with E-state index in [0.29, 0.717) is 10.9 Å². The van der Waals surface area contributed by atoms with E-state index in [2.05, 4.69) is 17.4 Å². The lowest BCUT2D eigenvalue weighted by atomic mass is 9.98. The molecule has 7 heteroatoms. The minimum absolute atomic E-state index is 0.0714. The van der Waals surface area contributed by atoms with Crippen molar-refractivity contribution in [3.63, 3.8) is 0 Å². The predicted molar refractivity (Wildman–Crippen MR) is 135 cm³/mol. The number of amides is 1. The summed E-state index contributed by atoms with van der Waals surface area (Å²) in [4.78, 5) is 23.5. The number of hydrogen-bond donors (Lipinski definition) is 4. The number of benzene rings is 4. The van der Waals surface area contributed by atoms with E-state index in [0.717, 1.165) is 27.6 Å². The summed E-state index contributed by atoms with van der Waals surface area (Å²) in [5.41, 5.74) is 5.10. The molecule has 0 aliphatic heterocycles. The monoisotopic (exact) mass is 483 g/mol. The summed E-state index contributed by atoms with van der Waals surface area (Å²) in [6.07, 6.45) is -3.19. The lowest BCUT2D eigenvalue weighted by molar-refractivity contribution is 0.0186. The maximum atomic E-state index is 12.4. The second kappa shape index (κ2) is 9.81. The number of aromatic carboxylic acids is 1. The average Bonchev–Trinajstić information content (AvgIpc) is 3.23. The largest absolute Gasteiger partial charge is 0.478 e. The number of hydrogen-bond acceptors (Lipinski definition) is 5. The fraction of sp³-hybridized carbons (Fsp3) is 0.172. The quantitative estimate of drug-likeness (QED) is 0.308. The number of aliphatic hydroxyl groups excluding tert-OH is 2. The summed E-state index contributed by atoms with van der Waals surface area (Å²) < 4.78 is 5.47. The molecule has 4 aromatic carbocycles. The van der Waals surface area contributed by atoms with Gasteiger partial charge in [-0.3, -0.25) is 0 Å². The number of carbonyl (C=O) groups is 2.